The summed E-state index contributed by atoms with van der Waals surface area (Å²) in [7, 11) is 0. The fraction of sp³-hybridized carbons (Fsp3) is 0.533. The normalized spacial score (nSPS) is 20.6. The maximum atomic E-state index is 12.2. The number of amides is 1. The molecule has 20 heavy (non-hydrogen) atoms. The average molecular weight is 313 g/mol. The van der Waals surface area contributed by atoms with Crippen LogP contribution in [-0.2, 0) is 11.2 Å². The Morgan fingerprint density at radius 1 is 1.30 bits per heavy atom. The number of carbonyl (C=O) groups is 1. The fourth-order valence-corrected chi connectivity index (χ4v) is 3.29. The highest BCUT2D eigenvalue weighted by atomic mass is 35.5. The van der Waals surface area contributed by atoms with Crippen molar-refractivity contribution >= 4 is 29.1 Å². The quantitative estimate of drug-likeness (QED) is 0.929. The summed E-state index contributed by atoms with van der Waals surface area (Å²) >= 11 is 12.0. The monoisotopic (exact) mass is 312 g/mol. The van der Waals surface area contributed by atoms with E-state index in [9.17, 15) is 4.79 Å². The predicted molar refractivity (Wildman–Crippen MR) is 80.9 cm³/mol. The minimum Gasteiger partial charge on any atom is -0.341 e. The first kappa shape index (κ1) is 14.2. The zero-order valence-corrected chi connectivity index (χ0v) is 12.7. The Labute approximate surface area is 129 Å². The molecule has 2 fully saturated rings. The van der Waals surface area contributed by atoms with Crippen LogP contribution in [0.15, 0.2) is 18.2 Å². The summed E-state index contributed by atoms with van der Waals surface area (Å²) in [6.45, 7) is 1.76. The van der Waals surface area contributed by atoms with E-state index in [4.69, 9.17) is 28.9 Å². The smallest absolute Gasteiger partial charge is 0.239 e. The lowest BCUT2D eigenvalue weighted by molar-refractivity contribution is -0.139. The molecule has 1 amide bonds. The van der Waals surface area contributed by atoms with E-state index in [-0.39, 0.29) is 5.91 Å². The molecule has 0 bridgehead atoms. The number of nitrogens with zero attached hydrogens (tertiary/aromatic N) is 1. The summed E-state index contributed by atoms with van der Waals surface area (Å²) in [5.41, 5.74) is 6.89. The molecule has 1 aliphatic carbocycles. The average Bonchev–Trinajstić information content (AvgIpc) is 3.15. The van der Waals surface area contributed by atoms with Crippen molar-refractivity contribution < 1.29 is 4.79 Å². The van der Waals surface area contributed by atoms with Crippen LogP contribution in [0.4, 0.5) is 0 Å². The lowest BCUT2D eigenvalue weighted by Gasteiger charge is -2.41. The van der Waals surface area contributed by atoms with Gasteiger partial charge in [-0.2, -0.15) is 0 Å². The van der Waals surface area contributed by atoms with E-state index in [1.54, 1.807) is 12.1 Å². The van der Waals surface area contributed by atoms with Crippen LogP contribution in [0.25, 0.3) is 0 Å². The number of hydrogen-bond acceptors (Lipinski definition) is 2. The predicted octanol–water partition coefficient (Wildman–Crippen LogP) is 2.73. The maximum Gasteiger partial charge on any atom is 0.239 e. The number of rotatable bonds is 4. The minimum absolute atomic E-state index is 0.0351. The van der Waals surface area contributed by atoms with Crippen LogP contribution < -0.4 is 5.73 Å². The Kier molecular flexibility index (Phi) is 3.93. The van der Waals surface area contributed by atoms with Gasteiger partial charge in [0.2, 0.25) is 5.91 Å². The fourth-order valence-electron chi connectivity index (χ4n) is 2.80. The molecule has 0 radical (unpaired) electrons. The molecular weight excluding hydrogens is 295 g/mol. The van der Waals surface area contributed by atoms with Crippen LogP contribution in [0, 0.1) is 11.8 Å². The van der Waals surface area contributed by atoms with Gasteiger partial charge in [-0.25, -0.2) is 0 Å². The lowest BCUT2D eigenvalue weighted by atomic mass is 9.93. The molecule has 1 atom stereocenters. The zero-order chi connectivity index (χ0) is 14.3. The van der Waals surface area contributed by atoms with Crippen LogP contribution in [0.1, 0.15) is 18.4 Å². The summed E-state index contributed by atoms with van der Waals surface area (Å²) in [5.74, 6) is 1.61. The van der Waals surface area contributed by atoms with Gasteiger partial charge in [0.1, 0.15) is 0 Å². The van der Waals surface area contributed by atoms with E-state index in [0.717, 1.165) is 24.6 Å². The van der Waals surface area contributed by atoms with Crippen LogP contribution in [0.2, 0.25) is 10.0 Å². The number of hydrogen-bond donors (Lipinski definition) is 1. The van der Waals surface area contributed by atoms with Crippen molar-refractivity contribution in [2.24, 2.45) is 17.6 Å². The summed E-state index contributed by atoms with van der Waals surface area (Å²) in [6, 6.07) is 4.77. The highest BCUT2D eigenvalue weighted by Crippen LogP contribution is 2.41. The van der Waals surface area contributed by atoms with Gasteiger partial charge in [-0.05, 0) is 48.8 Å². The number of halogens is 2. The van der Waals surface area contributed by atoms with Crippen LogP contribution >= 0.6 is 23.2 Å². The summed E-state index contributed by atoms with van der Waals surface area (Å²) < 4.78 is 0. The lowest BCUT2D eigenvalue weighted by Crippen LogP contribution is -2.56. The molecule has 1 aromatic rings. The first-order valence-corrected chi connectivity index (χ1v) is 7.78. The van der Waals surface area contributed by atoms with E-state index in [1.165, 1.54) is 12.8 Å². The second-order valence-corrected chi connectivity index (χ2v) is 6.73. The third kappa shape index (κ3) is 2.95. The van der Waals surface area contributed by atoms with E-state index >= 15 is 0 Å². The summed E-state index contributed by atoms with van der Waals surface area (Å²) in [6.07, 6.45) is 3.12. The molecule has 2 aliphatic rings. The zero-order valence-electron chi connectivity index (χ0n) is 11.2. The topological polar surface area (TPSA) is 46.3 Å². The van der Waals surface area contributed by atoms with Crippen molar-refractivity contribution in [3.8, 4) is 0 Å². The maximum absolute atomic E-state index is 12.2. The molecule has 108 valence electrons. The molecule has 5 heteroatoms. The molecule has 0 aromatic heterocycles. The van der Waals surface area contributed by atoms with Crippen molar-refractivity contribution in [2.45, 2.75) is 25.3 Å². The molecule has 1 saturated carbocycles. The van der Waals surface area contributed by atoms with E-state index in [0.29, 0.717) is 22.4 Å². The molecule has 1 aliphatic heterocycles. The Morgan fingerprint density at radius 3 is 2.60 bits per heavy atom. The van der Waals surface area contributed by atoms with E-state index in [1.807, 2.05) is 11.0 Å². The second kappa shape index (κ2) is 5.55. The number of nitrogens with two attached hydrogens (primary N) is 1. The molecule has 3 rings (SSSR count). The molecular formula is C15H18Cl2N2O. The van der Waals surface area contributed by atoms with Gasteiger partial charge in [-0.15, -0.1) is 0 Å². The molecule has 1 aromatic carbocycles. The summed E-state index contributed by atoms with van der Waals surface area (Å²) in [5, 5.41) is 1.16. The molecule has 1 saturated heterocycles. The standard InChI is InChI=1S/C15H18Cl2N2O/c16-12-4-3-10(13(17)6-12)5-14(18)15(20)19-7-11(8-19)9-1-2-9/h3-4,6,9,11,14H,1-2,5,7-8,18H2/t14-/m1/s1. The molecule has 3 nitrogen and oxygen atoms in total. The van der Waals surface area contributed by atoms with Gasteiger partial charge in [-0.3, -0.25) is 4.79 Å². The Balaban J connectivity index is 1.55. The van der Waals surface area contributed by atoms with Crippen LogP contribution in [0.3, 0.4) is 0 Å². The number of likely N-dealkylation sites (tertiary alicyclic amines) is 1. The van der Waals surface area contributed by atoms with Crippen LogP contribution in [-0.4, -0.2) is 29.9 Å². The van der Waals surface area contributed by atoms with Gasteiger partial charge in [-0.1, -0.05) is 29.3 Å². The summed E-state index contributed by atoms with van der Waals surface area (Å²) in [4.78, 5) is 14.1. The second-order valence-electron chi connectivity index (χ2n) is 5.89. The van der Waals surface area contributed by atoms with Crippen molar-refractivity contribution in [1.29, 1.82) is 0 Å². The van der Waals surface area contributed by atoms with Crippen molar-refractivity contribution in [2.75, 3.05) is 13.1 Å². The van der Waals surface area contributed by atoms with E-state index in [2.05, 4.69) is 0 Å². The third-order valence-corrected chi connectivity index (χ3v) is 4.87. The van der Waals surface area contributed by atoms with Gasteiger partial charge in [0.05, 0.1) is 6.04 Å². The minimum atomic E-state index is -0.520. The van der Waals surface area contributed by atoms with Crippen molar-refractivity contribution in [3.05, 3.63) is 33.8 Å². The van der Waals surface area contributed by atoms with Crippen LogP contribution in [0.5, 0.6) is 0 Å². The van der Waals surface area contributed by atoms with Gasteiger partial charge < -0.3 is 10.6 Å². The number of benzene rings is 1. The molecule has 0 spiro atoms. The highest BCUT2D eigenvalue weighted by Gasteiger charge is 2.41. The van der Waals surface area contributed by atoms with Crippen molar-refractivity contribution in [3.63, 3.8) is 0 Å². The van der Waals surface area contributed by atoms with Gasteiger partial charge in [0.15, 0.2) is 0 Å². The van der Waals surface area contributed by atoms with Gasteiger partial charge >= 0.3 is 0 Å². The molecule has 0 unspecified atom stereocenters. The first-order chi connectivity index (χ1) is 9.54. The van der Waals surface area contributed by atoms with Gasteiger partial charge in [0, 0.05) is 23.1 Å². The molecule has 1 heterocycles. The Hall–Kier alpha value is -0.770. The Morgan fingerprint density at radius 2 is 2.00 bits per heavy atom. The largest absolute Gasteiger partial charge is 0.341 e. The highest BCUT2D eigenvalue weighted by molar-refractivity contribution is 6.35. The number of carbonyl (C=O) groups excluding carboxylic acids is 1. The third-order valence-electron chi connectivity index (χ3n) is 4.28. The Bertz CT molecular complexity index is 525. The van der Waals surface area contributed by atoms with Gasteiger partial charge in [0.25, 0.3) is 0 Å². The van der Waals surface area contributed by atoms with E-state index < -0.39 is 6.04 Å². The molecule has 2 N–H and O–H groups in total. The van der Waals surface area contributed by atoms with Crippen molar-refractivity contribution in [1.82, 2.24) is 4.90 Å². The first-order valence-electron chi connectivity index (χ1n) is 7.03. The SMILES string of the molecule is N[C@H](Cc1ccc(Cl)cc1Cl)C(=O)N1CC(C2CC2)C1.